The second-order valence-corrected chi connectivity index (χ2v) is 6.19. The molecule has 0 radical (unpaired) electrons. The van der Waals surface area contributed by atoms with Crippen molar-refractivity contribution in [3.8, 4) is 0 Å². The Labute approximate surface area is 125 Å². The first-order chi connectivity index (χ1) is 9.13. The number of hydrogen-bond donors (Lipinski definition) is 2. The van der Waals surface area contributed by atoms with Gasteiger partial charge in [0.25, 0.3) is 0 Å². The van der Waals surface area contributed by atoms with Gasteiger partial charge in [-0.25, -0.2) is 0 Å². The smallest absolute Gasteiger partial charge is 0.0639 e. The van der Waals surface area contributed by atoms with Crippen LogP contribution in [0.1, 0.15) is 37.8 Å². The highest BCUT2D eigenvalue weighted by Gasteiger charge is 2.26. The molecule has 1 aliphatic carbocycles. The molecular weight excluding hydrogens is 281 g/mol. The van der Waals surface area contributed by atoms with Gasteiger partial charge in [-0.05, 0) is 49.8 Å². The fourth-order valence-electron chi connectivity index (χ4n) is 2.92. The number of hydrogen-bond acceptors (Lipinski definition) is 2. The Morgan fingerprint density at radius 2 is 2.05 bits per heavy atom. The molecular formula is C15H21Cl2NO. The fourth-order valence-corrected chi connectivity index (χ4v) is 3.39. The van der Waals surface area contributed by atoms with E-state index in [4.69, 9.17) is 23.2 Å². The standard InChI is InChI=1S/C15H21Cl2NO/c1-10(13-6-3-7-14(16)15(13)17)18-8-11-4-2-5-12(11)9-19/h3,6-7,10-12,18-19H,2,4-5,8-9H2,1H3. The van der Waals surface area contributed by atoms with E-state index in [0.717, 1.165) is 18.5 Å². The fraction of sp³-hybridized carbons (Fsp3) is 0.600. The lowest BCUT2D eigenvalue weighted by atomic mass is 9.96. The van der Waals surface area contributed by atoms with Gasteiger partial charge >= 0.3 is 0 Å². The zero-order valence-electron chi connectivity index (χ0n) is 11.2. The van der Waals surface area contributed by atoms with E-state index in [1.807, 2.05) is 12.1 Å². The molecule has 1 saturated carbocycles. The molecule has 106 valence electrons. The topological polar surface area (TPSA) is 32.3 Å². The van der Waals surface area contributed by atoms with E-state index in [9.17, 15) is 5.11 Å². The molecule has 2 nitrogen and oxygen atoms in total. The Kier molecular flexibility index (Phi) is 5.52. The molecule has 2 rings (SSSR count). The molecule has 0 saturated heterocycles. The third-order valence-corrected chi connectivity index (χ3v) is 5.02. The molecule has 0 bridgehead atoms. The lowest BCUT2D eigenvalue weighted by Gasteiger charge is -2.22. The van der Waals surface area contributed by atoms with Gasteiger partial charge in [0.15, 0.2) is 0 Å². The van der Waals surface area contributed by atoms with Crippen molar-refractivity contribution in [3.63, 3.8) is 0 Å². The largest absolute Gasteiger partial charge is 0.396 e. The van der Waals surface area contributed by atoms with Gasteiger partial charge in [-0.1, -0.05) is 41.8 Å². The Hall–Kier alpha value is -0.280. The molecule has 3 unspecified atom stereocenters. The zero-order chi connectivity index (χ0) is 13.8. The Morgan fingerprint density at radius 3 is 2.79 bits per heavy atom. The molecule has 2 N–H and O–H groups in total. The van der Waals surface area contributed by atoms with Crippen molar-refractivity contribution in [2.75, 3.05) is 13.2 Å². The number of benzene rings is 1. The molecule has 3 atom stereocenters. The predicted molar refractivity (Wildman–Crippen MR) is 80.8 cm³/mol. The summed E-state index contributed by atoms with van der Waals surface area (Å²) in [7, 11) is 0. The molecule has 0 heterocycles. The van der Waals surface area contributed by atoms with Crippen LogP contribution in [0.25, 0.3) is 0 Å². The van der Waals surface area contributed by atoms with Crippen LogP contribution in [0.4, 0.5) is 0 Å². The molecule has 0 aliphatic heterocycles. The van der Waals surface area contributed by atoms with Crippen molar-refractivity contribution in [2.45, 2.75) is 32.2 Å². The number of aliphatic hydroxyl groups excluding tert-OH is 1. The average molecular weight is 302 g/mol. The molecule has 1 aliphatic rings. The number of nitrogens with one attached hydrogen (secondary N) is 1. The van der Waals surface area contributed by atoms with E-state index in [1.54, 1.807) is 6.07 Å². The SMILES string of the molecule is CC(NCC1CCCC1CO)c1cccc(Cl)c1Cl. The summed E-state index contributed by atoms with van der Waals surface area (Å²) in [6.07, 6.45) is 3.58. The van der Waals surface area contributed by atoms with Crippen LogP contribution in [0.15, 0.2) is 18.2 Å². The highest BCUT2D eigenvalue weighted by Crippen LogP contribution is 2.33. The predicted octanol–water partition coefficient (Wildman–Crippen LogP) is 4.05. The van der Waals surface area contributed by atoms with Crippen molar-refractivity contribution in [1.29, 1.82) is 0 Å². The van der Waals surface area contributed by atoms with Crippen LogP contribution in [0.3, 0.4) is 0 Å². The lowest BCUT2D eigenvalue weighted by molar-refractivity contribution is 0.190. The zero-order valence-corrected chi connectivity index (χ0v) is 12.7. The first-order valence-corrected chi connectivity index (χ1v) is 7.67. The van der Waals surface area contributed by atoms with E-state index in [2.05, 4.69) is 12.2 Å². The maximum Gasteiger partial charge on any atom is 0.0639 e. The summed E-state index contributed by atoms with van der Waals surface area (Å²) < 4.78 is 0. The van der Waals surface area contributed by atoms with Crippen LogP contribution in [0.2, 0.25) is 10.0 Å². The van der Waals surface area contributed by atoms with Gasteiger partial charge in [0.2, 0.25) is 0 Å². The molecule has 1 aromatic carbocycles. The van der Waals surface area contributed by atoms with E-state index < -0.39 is 0 Å². The maximum atomic E-state index is 9.33. The van der Waals surface area contributed by atoms with Crippen molar-refractivity contribution in [1.82, 2.24) is 5.32 Å². The number of halogens is 2. The summed E-state index contributed by atoms with van der Waals surface area (Å²) in [4.78, 5) is 0. The molecule has 0 aromatic heterocycles. The Bertz CT molecular complexity index is 425. The first kappa shape index (κ1) is 15.1. The molecule has 0 amide bonds. The van der Waals surface area contributed by atoms with Crippen LogP contribution in [-0.4, -0.2) is 18.3 Å². The van der Waals surface area contributed by atoms with Gasteiger partial charge in [-0.2, -0.15) is 0 Å². The minimum Gasteiger partial charge on any atom is -0.396 e. The Morgan fingerprint density at radius 1 is 1.32 bits per heavy atom. The molecule has 0 spiro atoms. The minimum atomic E-state index is 0.172. The highest BCUT2D eigenvalue weighted by atomic mass is 35.5. The quantitative estimate of drug-likeness (QED) is 0.860. The average Bonchev–Trinajstić information content (AvgIpc) is 2.86. The van der Waals surface area contributed by atoms with Crippen LogP contribution < -0.4 is 5.32 Å². The van der Waals surface area contributed by atoms with Crippen molar-refractivity contribution >= 4 is 23.2 Å². The van der Waals surface area contributed by atoms with Crippen molar-refractivity contribution in [2.24, 2.45) is 11.8 Å². The third kappa shape index (κ3) is 3.63. The van der Waals surface area contributed by atoms with E-state index in [-0.39, 0.29) is 6.04 Å². The van der Waals surface area contributed by atoms with E-state index in [0.29, 0.717) is 28.5 Å². The van der Waals surface area contributed by atoms with Crippen LogP contribution in [-0.2, 0) is 0 Å². The van der Waals surface area contributed by atoms with E-state index >= 15 is 0 Å². The van der Waals surface area contributed by atoms with Gasteiger partial charge in [0, 0.05) is 12.6 Å². The van der Waals surface area contributed by atoms with Crippen molar-refractivity contribution in [3.05, 3.63) is 33.8 Å². The van der Waals surface area contributed by atoms with Gasteiger partial charge < -0.3 is 10.4 Å². The monoisotopic (exact) mass is 301 g/mol. The van der Waals surface area contributed by atoms with Gasteiger partial charge in [0.1, 0.15) is 0 Å². The van der Waals surface area contributed by atoms with Crippen LogP contribution in [0, 0.1) is 11.8 Å². The van der Waals surface area contributed by atoms with Gasteiger partial charge in [-0.3, -0.25) is 0 Å². The Balaban J connectivity index is 1.94. The third-order valence-electron chi connectivity index (χ3n) is 4.19. The summed E-state index contributed by atoms with van der Waals surface area (Å²) in [5.74, 6) is 1.03. The highest BCUT2D eigenvalue weighted by molar-refractivity contribution is 6.42. The summed E-state index contributed by atoms with van der Waals surface area (Å²) in [5.41, 5.74) is 1.03. The van der Waals surface area contributed by atoms with Crippen LogP contribution >= 0.6 is 23.2 Å². The van der Waals surface area contributed by atoms with Gasteiger partial charge in [0.05, 0.1) is 10.0 Å². The summed E-state index contributed by atoms with van der Waals surface area (Å²) in [5, 5.41) is 14.1. The number of aliphatic hydroxyl groups is 1. The minimum absolute atomic E-state index is 0.172. The molecule has 1 fully saturated rings. The second kappa shape index (κ2) is 6.94. The molecule has 4 heteroatoms. The second-order valence-electron chi connectivity index (χ2n) is 5.41. The lowest BCUT2D eigenvalue weighted by Crippen LogP contribution is -2.29. The normalized spacial score (nSPS) is 24.6. The van der Waals surface area contributed by atoms with Crippen molar-refractivity contribution < 1.29 is 5.11 Å². The summed E-state index contributed by atoms with van der Waals surface area (Å²) in [6.45, 7) is 3.33. The summed E-state index contributed by atoms with van der Waals surface area (Å²) >= 11 is 12.3. The number of rotatable bonds is 5. The molecule has 1 aromatic rings. The van der Waals surface area contributed by atoms with Crippen LogP contribution in [0.5, 0.6) is 0 Å². The maximum absolute atomic E-state index is 9.33. The summed E-state index contributed by atoms with van der Waals surface area (Å²) in [6, 6.07) is 5.91. The first-order valence-electron chi connectivity index (χ1n) is 6.91. The van der Waals surface area contributed by atoms with E-state index in [1.165, 1.54) is 12.8 Å². The molecule has 19 heavy (non-hydrogen) atoms. The van der Waals surface area contributed by atoms with Gasteiger partial charge in [-0.15, -0.1) is 0 Å².